The summed E-state index contributed by atoms with van der Waals surface area (Å²) in [6.45, 7) is 3.53. The van der Waals surface area contributed by atoms with Crippen LogP contribution in [0.15, 0.2) is 48.5 Å². The third-order valence-electron chi connectivity index (χ3n) is 4.81. The first-order valence-electron chi connectivity index (χ1n) is 9.56. The van der Waals surface area contributed by atoms with Crippen LogP contribution in [-0.2, 0) is 19.6 Å². The maximum atomic E-state index is 12.6. The molecule has 2 aromatic rings. The second-order valence-corrected chi connectivity index (χ2v) is 8.99. The summed E-state index contributed by atoms with van der Waals surface area (Å²) >= 11 is 0. The number of rotatable bonds is 6. The first-order valence-corrected chi connectivity index (χ1v) is 11.4. The van der Waals surface area contributed by atoms with Crippen LogP contribution in [0.5, 0.6) is 0 Å². The van der Waals surface area contributed by atoms with Gasteiger partial charge in [-0.25, -0.2) is 8.42 Å². The van der Waals surface area contributed by atoms with E-state index in [1.807, 2.05) is 19.1 Å². The summed E-state index contributed by atoms with van der Waals surface area (Å²) < 4.78 is 30.9. The molecule has 0 radical (unpaired) electrons. The van der Waals surface area contributed by atoms with Crippen LogP contribution in [0.1, 0.15) is 15.9 Å². The maximum Gasteiger partial charge on any atom is 0.254 e. The van der Waals surface area contributed by atoms with Crippen LogP contribution in [0.4, 0.5) is 11.4 Å². The highest BCUT2D eigenvalue weighted by molar-refractivity contribution is 7.92. The molecule has 1 aliphatic rings. The molecule has 30 heavy (non-hydrogen) atoms. The summed E-state index contributed by atoms with van der Waals surface area (Å²) in [6.07, 6.45) is 1.04. The Balaban J connectivity index is 1.74. The zero-order valence-corrected chi connectivity index (χ0v) is 17.8. The van der Waals surface area contributed by atoms with Gasteiger partial charge in [0.15, 0.2) is 0 Å². The van der Waals surface area contributed by atoms with E-state index in [0.717, 1.165) is 16.1 Å². The number of hydrogen-bond donors (Lipinski definition) is 1. The molecule has 0 saturated carbocycles. The minimum atomic E-state index is -3.71. The average Bonchev–Trinajstić information content (AvgIpc) is 2.73. The number of ether oxygens (including phenoxy) is 1. The SMILES string of the molecule is Cc1ccccc1NC(=O)CN(c1ccc(C(=O)N2CCOCC2)cc1)S(C)(=O)=O. The molecule has 8 nitrogen and oxygen atoms in total. The van der Waals surface area contributed by atoms with E-state index in [1.165, 1.54) is 12.1 Å². The largest absolute Gasteiger partial charge is 0.378 e. The van der Waals surface area contributed by atoms with Gasteiger partial charge in [0.2, 0.25) is 15.9 Å². The fourth-order valence-corrected chi connectivity index (χ4v) is 4.01. The summed E-state index contributed by atoms with van der Waals surface area (Å²) in [5.74, 6) is -0.587. The Labute approximate surface area is 176 Å². The topological polar surface area (TPSA) is 96.0 Å². The van der Waals surface area contributed by atoms with Crippen molar-refractivity contribution in [2.24, 2.45) is 0 Å². The number of carbonyl (C=O) groups is 2. The van der Waals surface area contributed by atoms with E-state index in [2.05, 4.69) is 5.32 Å². The van der Waals surface area contributed by atoms with E-state index in [-0.39, 0.29) is 12.5 Å². The van der Waals surface area contributed by atoms with Crippen LogP contribution in [0, 0.1) is 6.92 Å². The Morgan fingerprint density at radius 3 is 2.30 bits per heavy atom. The zero-order valence-electron chi connectivity index (χ0n) is 17.0. The van der Waals surface area contributed by atoms with E-state index in [0.29, 0.717) is 43.2 Å². The Hall–Kier alpha value is -2.91. The van der Waals surface area contributed by atoms with Crippen LogP contribution in [0.3, 0.4) is 0 Å². The number of nitrogens with zero attached hydrogens (tertiary/aromatic N) is 2. The minimum Gasteiger partial charge on any atom is -0.378 e. The molecule has 0 aliphatic carbocycles. The molecule has 0 atom stereocenters. The highest BCUT2D eigenvalue weighted by atomic mass is 32.2. The molecular formula is C21H25N3O5S. The van der Waals surface area contributed by atoms with Gasteiger partial charge in [0.25, 0.3) is 5.91 Å². The summed E-state index contributed by atoms with van der Waals surface area (Å²) in [5.41, 5.74) is 2.28. The second-order valence-electron chi connectivity index (χ2n) is 7.08. The van der Waals surface area contributed by atoms with Gasteiger partial charge in [0.05, 0.1) is 25.2 Å². The number of hydrogen-bond acceptors (Lipinski definition) is 5. The van der Waals surface area contributed by atoms with Gasteiger partial charge in [-0.1, -0.05) is 18.2 Å². The number of aryl methyl sites for hydroxylation is 1. The Bertz CT molecular complexity index is 1020. The molecule has 1 saturated heterocycles. The van der Waals surface area contributed by atoms with Crippen molar-refractivity contribution in [3.8, 4) is 0 Å². The number of sulfonamides is 1. The minimum absolute atomic E-state index is 0.131. The summed E-state index contributed by atoms with van der Waals surface area (Å²) in [6, 6.07) is 13.5. The van der Waals surface area contributed by atoms with Crippen molar-refractivity contribution in [3.63, 3.8) is 0 Å². The predicted molar refractivity (Wildman–Crippen MR) is 115 cm³/mol. The van der Waals surface area contributed by atoms with Crippen molar-refractivity contribution in [3.05, 3.63) is 59.7 Å². The Morgan fingerprint density at radius 1 is 1.07 bits per heavy atom. The number of amides is 2. The quantitative estimate of drug-likeness (QED) is 0.753. The molecule has 160 valence electrons. The Kier molecular flexibility index (Phi) is 6.73. The second kappa shape index (κ2) is 9.27. The molecule has 1 fully saturated rings. The van der Waals surface area contributed by atoms with Gasteiger partial charge in [-0.3, -0.25) is 13.9 Å². The van der Waals surface area contributed by atoms with E-state index in [1.54, 1.807) is 29.2 Å². The molecule has 1 aliphatic heterocycles. The lowest BCUT2D eigenvalue weighted by Gasteiger charge is -2.27. The van der Waals surface area contributed by atoms with Gasteiger partial charge >= 0.3 is 0 Å². The number of carbonyl (C=O) groups excluding carboxylic acids is 2. The lowest BCUT2D eigenvalue weighted by atomic mass is 10.1. The van der Waals surface area contributed by atoms with E-state index >= 15 is 0 Å². The molecule has 9 heteroatoms. The number of morpholine rings is 1. The summed E-state index contributed by atoms with van der Waals surface area (Å²) in [5, 5.41) is 2.74. The molecule has 0 bridgehead atoms. The molecule has 2 aromatic carbocycles. The maximum absolute atomic E-state index is 12.6. The standard InChI is InChI=1S/C21H25N3O5S/c1-16-5-3-4-6-19(16)22-20(25)15-24(30(2,27)28)18-9-7-17(8-10-18)21(26)23-11-13-29-14-12-23/h3-10H,11-15H2,1-2H3,(H,22,25). The average molecular weight is 432 g/mol. The number of anilines is 2. The van der Waals surface area contributed by atoms with Crippen molar-refractivity contribution in [1.29, 1.82) is 0 Å². The van der Waals surface area contributed by atoms with E-state index in [9.17, 15) is 18.0 Å². The predicted octanol–water partition coefficient (Wildman–Crippen LogP) is 1.87. The van der Waals surface area contributed by atoms with Crippen molar-refractivity contribution in [1.82, 2.24) is 4.90 Å². The molecule has 0 spiro atoms. The monoisotopic (exact) mass is 431 g/mol. The van der Waals surface area contributed by atoms with Crippen LogP contribution in [0.2, 0.25) is 0 Å². The normalized spacial score (nSPS) is 14.3. The molecule has 0 unspecified atom stereocenters. The van der Waals surface area contributed by atoms with Gasteiger partial charge in [-0.2, -0.15) is 0 Å². The molecule has 1 heterocycles. The van der Waals surface area contributed by atoms with Crippen molar-refractivity contribution in [2.45, 2.75) is 6.92 Å². The van der Waals surface area contributed by atoms with Crippen molar-refractivity contribution < 1.29 is 22.7 Å². The highest BCUT2D eigenvalue weighted by Crippen LogP contribution is 2.20. The van der Waals surface area contributed by atoms with Gasteiger partial charge in [-0.15, -0.1) is 0 Å². The van der Waals surface area contributed by atoms with Crippen LogP contribution < -0.4 is 9.62 Å². The fraction of sp³-hybridized carbons (Fsp3) is 0.333. The summed E-state index contributed by atoms with van der Waals surface area (Å²) in [7, 11) is -3.71. The van der Waals surface area contributed by atoms with Gasteiger partial charge < -0.3 is 15.0 Å². The first-order chi connectivity index (χ1) is 14.3. The van der Waals surface area contributed by atoms with Crippen molar-refractivity contribution >= 4 is 33.2 Å². The molecule has 1 N–H and O–H groups in total. The lowest BCUT2D eigenvalue weighted by Crippen LogP contribution is -2.40. The number of nitrogens with one attached hydrogen (secondary N) is 1. The van der Waals surface area contributed by atoms with Gasteiger partial charge in [0, 0.05) is 24.3 Å². The van der Waals surface area contributed by atoms with Crippen LogP contribution >= 0.6 is 0 Å². The molecular weight excluding hydrogens is 406 g/mol. The lowest BCUT2D eigenvalue weighted by molar-refractivity contribution is -0.114. The van der Waals surface area contributed by atoms with E-state index < -0.39 is 15.9 Å². The zero-order chi connectivity index (χ0) is 21.7. The first kappa shape index (κ1) is 21.8. The van der Waals surface area contributed by atoms with E-state index in [4.69, 9.17) is 4.74 Å². The third-order valence-corrected chi connectivity index (χ3v) is 5.95. The molecule has 3 rings (SSSR count). The van der Waals surface area contributed by atoms with Crippen LogP contribution in [-0.4, -0.2) is 64.2 Å². The van der Waals surface area contributed by atoms with Gasteiger partial charge in [0.1, 0.15) is 6.54 Å². The van der Waals surface area contributed by atoms with Crippen molar-refractivity contribution in [2.75, 3.05) is 48.7 Å². The Morgan fingerprint density at radius 2 is 1.70 bits per heavy atom. The highest BCUT2D eigenvalue weighted by Gasteiger charge is 2.23. The van der Waals surface area contributed by atoms with Crippen LogP contribution in [0.25, 0.3) is 0 Å². The number of benzene rings is 2. The van der Waals surface area contributed by atoms with Gasteiger partial charge in [-0.05, 0) is 42.8 Å². The molecule has 0 aromatic heterocycles. The smallest absolute Gasteiger partial charge is 0.254 e. The fourth-order valence-electron chi connectivity index (χ4n) is 3.15. The molecule has 2 amide bonds. The number of para-hydroxylation sites is 1. The third kappa shape index (κ3) is 5.37. The summed E-state index contributed by atoms with van der Waals surface area (Å²) in [4.78, 5) is 26.7.